The van der Waals surface area contributed by atoms with E-state index in [0.717, 1.165) is 6.32 Å². The minimum atomic E-state index is -0.181. The molecule has 0 bridgehead atoms. The largest absolute Gasteiger partial charge is 0.426 e. The quantitative estimate of drug-likeness (QED) is 0.405. The summed E-state index contributed by atoms with van der Waals surface area (Å²) < 4.78 is 4.83. The molecule has 0 aliphatic heterocycles. The summed E-state index contributed by atoms with van der Waals surface area (Å²) in [5, 5.41) is 0. The van der Waals surface area contributed by atoms with E-state index in [4.69, 9.17) is 16.3 Å². The van der Waals surface area contributed by atoms with Gasteiger partial charge in [-0.15, -0.1) is 0 Å². The van der Waals surface area contributed by atoms with Gasteiger partial charge in [-0.2, -0.15) is 0 Å². The standard InChI is InChI=1S/C4H9BClO/c1-3-5-7-4(2)6/h4H,3H2,1-2H3. The lowest BCUT2D eigenvalue weighted by molar-refractivity contribution is 0.319. The molecule has 0 spiro atoms. The van der Waals surface area contributed by atoms with Crippen LogP contribution in [0.4, 0.5) is 0 Å². The molecule has 3 heteroatoms. The summed E-state index contributed by atoms with van der Waals surface area (Å²) in [5.41, 5.74) is -0.181. The molecule has 1 atom stereocenters. The molecule has 0 saturated heterocycles. The highest BCUT2D eigenvalue weighted by molar-refractivity contribution is 6.29. The molecule has 0 rings (SSSR count). The molecule has 0 heterocycles. The molecule has 0 fully saturated rings. The van der Waals surface area contributed by atoms with Crippen LogP contribution < -0.4 is 0 Å². The molecule has 0 amide bonds. The Balaban J connectivity index is 2.68. The fourth-order valence-electron chi connectivity index (χ4n) is 0.229. The normalized spacial score (nSPS) is 13.6. The fourth-order valence-corrected chi connectivity index (χ4v) is 0.302. The maximum absolute atomic E-state index is 5.40. The van der Waals surface area contributed by atoms with Crippen molar-refractivity contribution >= 4 is 19.1 Å². The molecule has 1 unspecified atom stereocenters. The lowest BCUT2D eigenvalue weighted by Crippen LogP contribution is -2.02. The first-order valence-corrected chi connectivity index (χ1v) is 2.82. The SMILES string of the molecule is CC[B]OC(C)Cl. The van der Waals surface area contributed by atoms with E-state index in [1.54, 1.807) is 14.4 Å². The highest BCUT2D eigenvalue weighted by atomic mass is 35.5. The van der Waals surface area contributed by atoms with E-state index in [-0.39, 0.29) is 5.56 Å². The third-order valence-corrected chi connectivity index (χ3v) is 0.553. The molecule has 0 N–H and O–H groups in total. The third kappa shape index (κ3) is 6.31. The molecule has 7 heavy (non-hydrogen) atoms. The molecule has 0 aromatic rings. The van der Waals surface area contributed by atoms with Gasteiger partial charge in [-0.3, -0.25) is 0 Å². The third-order valence-electron chi connectivity index (χ3n) is 0.450. The van der Waals surface area contributed by atoms with Crippen LogP contribution in [0.1, 0.15) is 13.8 Å². The predicted octanol–water partition coefficient (Wildman–Crippen LogP) is 1.65. The molecule has 0 aromatic carbocycles. The van der Waals surface area contributed by atoms with Gasteiger partial charge in [0.15, 0.2) is 0 Å². The van der Waals surface area contributed by atoms with Crippen molar-refractivity contribution in [1.29, 1.82) is 0 Å². The minimum absolute atomic E-state index is 0.181. The van der Waals surface area contributed by atoms with Crippen LogP contribution in [0.15, 0.2) is 0 Å². The van der Waals surface area contributed by atoms with Crippen LogP contribution >= 0.6 is 11.6 Å². The van der Waals surface area contributed by atoms with Crippen molar-refractivity contribution in [1.82, 2.24) is 0 Å². The Morgan fingerprint density at radius 1 is 1.86 bits per heavy atom. The van der Waals surface area contributed by atoms with Gasteiger partial charge in [-0.05, 0) is 6.92 Å². The van der Waals surface area contributed by atoms with Gasteiger partial charge >= 0.3 is 0 Å². The zero-order valence-electron chi connectivity index (χ0n) is 4.65. The van der Waals surface area contributed by atoms with Crippen LogP contribution in [-0.2, 0) is 4.65 Å². The fraction of sp³-hybridized carbons (Fsp3) is 1.00. The summed E-state index contributed by atoms with van der Waals surface area (Å²) in [6.45, 7) is 3.78. The Morgan fingerprint density at radius 3 is 2.57 bits per heavy atom. The van der Waals surface area contributed by atoms with E-state index < -0.39 is 0 Å². The maximum Gasteiger partial charge on any atom is 0.294 e. The number of alkyl halides is 1. The highest BCUT2D eigenvalue weighted by Gasteiger charge is 1.92. The van der Waals surface area contributed by atoms with Crippen LogP contribution in [0.2, 0.25) is 6.32 Å². The lowest BCUT2D eigenvalue weighted by atomic mass is 9.98. The van der Waals surface area contributed by atoms with Crippen LogP contribution in [0.3, 0.4) is 0 Å². The topological polar surface area (TPSA) is 9.23 Å². The molecule has 0 aliphatic rings. The van der Waals surface area contributed by atoms with Gasteiger partial charge in [0.25, 0.3) is 7.48 Å². The van der Waals surface area contributed by atoms with E-state index in [9.17, 15) is 0 Å². The molecule has 0 saturated carbocycles. The first-order valence-electron chi connectivity index (χ1n) is 2.38. The lowest BCUT2D eigenvalue weighted by Gasteiger charge is -1.99. The van der Waals surface area contributed by atoms with Crippen molar-refractivity contribution in [3.63, 3.8) is 0 Å². The molecule has 0 aromatic heterocycles. The summed E-state index contributed by atoms with van der Waals surface area (Å²) in [6, 6.07) is 0. The summed E-state index contributed by atoms with van der Waals surface area (Å²) in [4.78, 5) is 0. The van der Waals surface area contributed by atoms with E-state index in [1.807, 2.05) is 6.92 Å². The average Bonchev–Trinajstić information content (AvgIpc) is 1.61. The van der Waals surface area contributed by atoms with E-state index in [0.29, 0.717) is 0 Å². The van der Waals surface area contributed by atoms with E-state index in [2.05, 4.69) is 0 Å². The molecular weight excluding hydrogens is 110 g/mol. The number of halogens is 1. The first kappa shape index (κ1) is 7.31. The minimum Gasteiger partial charge on any atom is -0.426 e. The smallest absolute Gasteiger partial charge is 0.294 e. The van der Waals surface area contributed by atoms with Crippen molar-refractivity contribution in [3.8, 4) is 0 Å². The Kier molecular flexibility index (Phi) is 4.67. The van der Waals surface area contributed by atoms with Gasteiger partial charge in [-0.1, -0.05) is 24.8 Å². The zero-order valence-corrected chi connectivity index (χ0v) is 5.40. The second-order valence-corrected chi connectivity index (χ2v) is 1.87. The molecule has 41 valence electrons. The Morgan fingerprint density at radius 2 is 2.43 bits per heavy atom. The van der Waals surface area contributed by atoms with Crippen molar-refractivity contribution < 1.29 is 4.65 Å². The summed E-state index contributed by atoms with van der Waals surface area (Å²) in [7, 11) is 1.69. The summed E-state index contributed by atoms with van der Waals surface area (Å²) in [5.74, 6) is 0. The second kappa shape index (κ2) is 4.47. The van der Waals surface area contributed by atoms with Crippen LogP contribution in [0, 0.1) is 0 Å². The first-order chi connectivity index (χ1) is 3.27. The summed E-state index contributed by atoms with van der Waals surface area (Å²) in [6.07, 6.45) is 0.914. The van der Waals surface area contributed by atoms with E-state index in [1.165, 1.54) is 0 Å². The molecule has 1 radical (unpaired) electrons. The van der Waals surface area contributed by atoms with E-state index >= 15 is 0 Å². The van der Waals surface area contributed by atoms with Crippen molar-refractivity contribution in [2.24, 2.45) is 0 Å². The van der Waals surface area contributed by atoms with Gasteiger partial charge in [0.2, 0.25) is 0 Å². The van der Waals surface area contributed by atoms with Crippen molar-refractivity contribution in [2.45, 2.75) is 25.7 Å². The Labute approximate surface area is 50.3 Å². The summed E-state index contributed by atoms with van der Waals surface area (Å²) >= 11 is 5.40. The van der Waals surface area contributed by atoms with Gasteiger partial charge in [-0.25, -0.2) is 0 Å². The van der Waals surface area contributed by atoms with Crippen LogP contribution in [0.25, 0.3) is 0 Å². The zero-order chi connectivity index (χ0) is 5.70. The Hall–Kier alpha value is 0.315. The molecular formula is C4H9BClO. The van der Waals surface area contributed by atoms with Gasteiger partial charge < -0.3 is 4.65 Å². The van der Waals surface area contributed by atoms with Gasteiger partial charge in [0, 0.05) is 0 Å². The van der Waals surface area contributed by atoms with Gasteiger partial charge in [0.1, 0.15) is 5.56 Å². The van der Waals surface area contributed by atoms with Gasteiger partial charge in [0.05, 0.1) is 0 Å². The number of rotatable bonds is 3. The van der Waals surface area contributed by atoms with Crippen LogP contribution in [-0.4, -0.2) is 13.0 Å². The highest BCUT2D eigenvalue weighted by Crippen LogP contribution is 1.93. The van der Waals surface area contributed by atoms with Crippen LogP contribution in [0.5, 0.6) is 0 Å². The maximum atomic E-state index is 5.40. The second-order valence-electron chi connectivity index (χ2n) is 1.25. The number of hydrogen-bond acceptors (Lipinski definition) is 1. The van der Waals surface area contributed by atoms with Crippen molar-refractivity contribution in [2.75, 3.05) is 0 Å². The molecule has 1 nitrogen and oxygen atoms in total. The Bertz CT molecular complexity index is 40.7. The predicted molar refractivity (Wildman–Crippen MR) is 32.6 cm³/mol. The van der Waals surface area contributed by atoms with Crippen molar-refractivity contribution in [3.05, 3.63) is 0 Å². The molecule has 0 aliphatic carbocycles. The monoisotopic (exact) mass is 119 g/mol. The average molecular weight is 119 g/mol. The number of hydrogen-bond donors (Lipinski definition) is 0.